The maximum Gasteiger partial charge on any atom is 0.287 e. The highest BCUT2D eigenvalue weighted by Crippen LogP contribution is 1.96. The Kier molecular flexibility index (Phi) is 2.53. The van der Waals surface area contributed by atoms with Crippen LogP contribution in [0, 0.1) is 0 Å². The summed E-state index contributed by atoms with van der Waals surface area (Å²) in [5.41, 5.74) is 0.970. The third-order valence-electron chi connectivity index (χ3n) is 2.13. The first-order valence-corrected chi connectivity index (χ1v) is 4.65. The van der Waals surface area contributed by atoms with Gasteiger partial charge in [0.1, 0.15) is 0 Å². The fraction of sp³-hybridized carbons (Fsp3) is 0.200. The number of hydrogen-bond donors (Lipinski definition) is 2. The highest BCUT2D eigenvalue weighted by Gasteiger charge is 2.09. The Hall–Kier alpha value is -2.04. The SMILES string of the molecule is Cn1ccnc1C(=O)NCc1ccc[nH]1. The molecule has 2 aromatic heterocycles. The van der Waals surface area contributed by atoms with Crippen molar-refractivity contribution < 1.29 is 4.79 Å². The first-order chi connectivity index (χ1) is 7.27. The number of aromatic amines is 1. The first-order valence-electron chi connectivity index (χ1n) is 4.65. The number of imidazole rings is 1. The average Bonchev–Trinajstić information content (AvgIpc) is 2.84. The lowest BCUT2D eigenvalue weighted by atomic mass is 10.4. The number of rotatable bonds is 3. The third-order valence-corrected chi connectivity index (χ3v) is 2.13. The van der Waals surface area contributed by atoms with Crippen molar-refractivity contribution in [3.05, 3.63) is 42.2 Å². The van der Waals surface area contributed by atoms with Gasteiger partial charge in [0.05, 0.1) is 6.54 Å². The van der Waals surface area contributed by atoms with Crippen molar-refractivity contribution in [1.29, 1.82) is 0 Å². The van der Waals surface area contributed by atoms with Gasteiger partial charge in [-0.2, -0.15) is 0 Å². The van der Waals surface area contributed by atoms with Crippen LogP contribution in [0.2, 0.25) is 0 Å². The minimum atomic E-state index is -0.169. The lowest BCUT2D eigenvalue weighted by Gasteiger charge is -2.03. The minimum absolute atomic E-state index is 0.169. The zero-order valence-corrected chi connectivity index (χ0v) is 8.40. The molecule has 5 nitrogen and oxygen atoms in total. The van der Waals surface area contributed by atoms with Crippen molar-refractivity contribution in [2.75, 3.05) is 0 Å². The first kappa shape index (κ1) is 9.51. The van der Waals surface area contributed by atoms with Crippen LogP contribution in [0.1, 0.15) is 16.3 Å². The molecule has 2 N–H and O–H groups in total. The quantitative estimate of drug-likeness (QED) is 0.772. The van der Waals surface area contributed by atoms with Gasteiger partial charge in [-0.25, -0.2) is 4.98 Å². The summed E-state index contributed by atoms with van der Waals surface area (Å²) in [6.07, 6.45) is 5.16. The number of hydrogen-bond acceptors (Lipinski definition) is 2. The number of nitrogens with one attached hydrogen (secondary N) is 2. The Balaban J connectivity index is 1.96. The molecule has 0 unspecified atom stereocenters. The van der Waals surface area contributed by atoms with Gasteiger partial charge in [-0.15, -0.1) is 0 Å². The largest absolute Gasteiger partial charge is 0.364 e. The van der Waals surface area contributed by atoms with Crippen molar-refractivity contribution in [3.8, 4) is 0 Å². The van der Waals surface area contributed by atoms with Gasteiger partial charge in [-0.05, 0) is 12.1 Å². The van der Waals surface area contributed by atoms with Gasteiger partial charge in [0.25, 0.3) is 5.91 Å². The fourth-order valence-corrected chi connectivity index (χ4v) is 1.32. The zero-order valence-electron chi connectivity index (χ0n) is 8.40. The smallest absolute Gasteiger partial charge is 0.287 e. The predicted molar refractivity (Wildman–Crippen MR) is 55.2 cm³/mol. The molecular weight excluding hydrogens is 192 g/mol. The summed E-state index contributed by atoms with van der Waals surface area (Å²) < 4.78 is 1.68. The van der Waals surface area contributed by atoms with Gasteiger partial charge in [0.15, 0.2) is 5.82 Å². The molecule has 0 bridgehead atoms. The van der Waals surface area contributed by atoms with Gasteiger partial charge in [0, 0.05) is 31.3 Å². The zero-order chi connectivity index (χ0) is 10.7. The molecule has 0 aromatic carbocycles. The molecule has 2 aromatic rings. The second-order valence-electron chi connectivity index (χ2n) is 3.24. The Morgan fingerprint density at radius 3 is 3.13 bits per heavy atom. The Bertz CT molecular complexity index is 444. The molecule has 1 amide bonds. The van der Waals surface area contributed by atoms with Gasteiger partial charge >= 0.3 is 0 Å². The molecule has 0 saturated heterocycles. The highest BCUT2D eigenvalue weighted by atomic mass is 16.2. The van der Waals surface area contributed by atoms with E-state index in [1.807, 2.05) is 18.3 Å². The maximum atomic E-state index is 11.6. The van der Waals surface area contributed by atoms with Crippen molar-refractivity contribution in [3.63, 3.8) is 0 Å². The van der Waals surface area contributed by atoms with E-state index in [9.17, 15) is 4.79 Å². The van der Waals surface area contributed by atoms with E-state index in [0.29, 0.717) is 12.4 Å². The van der Waals surface area contributed by atoms with E-state index >= 15 is 0 Å². The molecule has 0 aliphatic rings. The van der Waals surface area contributed by atoms with Crippen LogP contribution in [0.3, 0.4) is 0 Å². The van der Waals surface area contributed by atoms with Crippen LogP contribution in [0.4, 0.5) is 0 Å². The summed E-state index contributed by atoms with van der Waals surface area (Å²) in [4.78, 5) is 18.6. The summed E-state index contributed by atoms with van der Waals surface area (Å²) in [6.45, 7) is 0.485. The number of aryl methyl sites for hydroxylation is 1. The number of aromatic nitrogens is 3. The van der Waals surface area contributed by atoms with E-state index in [1.165, 1.54) is 0 Å². The maximum absolute atomic E-state index is 11.6. The molecule has 0 aliphatic carbocycles. The van der Waals surface area contributed by atoms with Crippen LogP contribution in [0.5, 0.6) is 0 Å². The molecule has 78 valence electrons. The number of nitrogens with zero attached hydrogens (tertiary/aromatic N) is 2. The van der Waals surface area contributed by atoms with Crippen LogP contribution in [0.25, 0.3) is 0 Å². The van der Waals surface area contributed by atoms with Crippen molar-refractivity contribution in [2.45, 2.75) is 6.54 Å². The van der Waals surface area contributed by atoms with Crippen LogP contribution < -0.4 is 5.32 Å². The highest BCUT2D eigenvalue weighted by molar-refractivity contribution is 5.90. The number of amides is 1. The number of H-pyrrole nitrogens is 1. The van der Waals surface area contributed by atoms with Gasteiger partial charge in [-0.1, -0.05) is 0 Å². The molecule has 2 rings (SSSR count). The molecular formula is C10H12N4O. The Morgan fingerprint density at radius 1 is 1.67 bits per heavy atom. The van der Waals surface area contributed by atoms with Crippen LogP contribution in [0.15, 0.2) is 30.7 Å². The van der Waals surface area contributed by atoms with Gasteiger partial charge in [-0.3, -0.25) is 4.79 Å². The van der Waals surface area contributed by atoms with E-state index in [0.717, 1.165) is 5.69 Å². The third kappa shape index (κ3) is 2.07. The van der Waals surface area contributed by atoms with E-state index in [-0.39, 0.29) is 5.91 Å². The van der Waals surface area contributed by atoms with E-state index in [1.54, 1.807) is 24.0 Å². The molecule has 0 radical (unpaired) electrons. The summed E-state index contributed by atoms with van der Waals surface area (Å²) in [5, 5.41) is 2.77. The van der Waals surface area contributed by atoms with Crippen molar-refractivity contribution in [1.82, 2.24) is 19.9 Å². The standard InChI is InChI=1S/C10H12N4O/c1-14-6-5-12-9(14)10(15)13-7-8-3-2-4-11-8/h2-6,11H,7H2,1H3,(H,13,15). The minimum Gasteiger partial charge on any atom is -0.364 e. The lowest BCUT2D eigenvalue weighted by molar-refractivity contribution is 0.0937. The van der Waals surface area contributed by atoms with Crippen molar-refractivity contribution in [2.24, 2.45) is 7.05 Å². The predicted octanol–water partition coefficient (Wildman–Crippen LogP) is 0.678. The lowest BCUT2D eigenvalue weighted by Crippen LogP contribution is -2.25. The van der Waals surface area contributed by atoms with Crippen LogP contribution in [-0.4, -0.2) is 20.4 Å². The number of carbonyl (C=O) groups is 1. The van der Waals surface area contributed by atoms with Gasteiger partial charge in [0.2, 0.25) is 0 Å². The molecule has 5 heteroatoms. The monoisotopic (exact) mass is 204 g/mol. The van der Waals surface area contributed by atoms with Crippen molar-refractivity contribution >= 4 is 5.91 Å². The number of carbonyl (C=O) groups excluding carboxylic acids is 1. The molecule has 0 atom stereocenters. The molecule has 0 fully saturated rings. The topological polar surface area (TPSA) is 62.7 Å². The molecule has 0 aliphatic heterocycles. The van der Waals surface area contributed by atoms with E-state index in [2.05, 4.69) is 15.3 Å². The molecule has 15 heavy (non-hydrogen) atoms. The molecule has 0 spiro atoms. The summed E-state index contributed by atoms with van der Waals surface area (Å²) in [6, 6.07) is 3.81. The molecule has 0 saturated carbocycles. The van der Waals surface area contributed by atoms with E-state index in [4.69, 9.17) is 0 Å². The van der Waals surface area contributed by atoms with Crippen LogP contribution >= 0.6 is 0 Å². The molecule has 2 heterocycles. The average molecular weight is 204 g/mol. The van der Waals surface area contributed by atoms with Crippen LogP contribution in [-0.2, 0) is 13.6 Å². The summed E-state index contributed by atoms with van der Waals surface area (Å²) in [5.74, 6) is 0.249. The Morgan fingerprint density at radius 2 is 2.53 bits per heavy atom. The fourth-order valence-electron chi connectivity index (χ4n) is 1.32. The summed E-state index contributed by atoms with van der Waals surface area (Å²) in [7, 11) is 1.79. The summed E-state index contributed by atoms with van der Waals surface area (Å²) >= 11 is 0. The van der Waals surface area contributed by atoms with Gasteiger partial charge < -0.3 is 14.9 Å². The second-order valence-corrected chi connectivity index (χ2v) is 3.24. The second kappa shape index (κ2) is 4.00. The normalized spacial score (nSPS) is 10.2. The Labute approximate surface area is 87.1 Å². The van der Waals surface area contributed by atoms with E-state index < -0.39 is 0 Å².